The Hall–Kier alpha value is -3.73. The second-order valence-electron chi connectivity index (χ2n) is 10.3. The normalized spacial score (nSPS) is 13.8. The molecule has 2 aliphatic rings. The molecule has 6 aromatic rings. The Labute approximate surface area is 197 Å². The molecule has 0 fully saturated rings. The fraction of sp³-hybridized carbons (Fsp3) is 0.207. The topological polar surface area (TPSA) is 39.7 Å². The van der Waals surface area contributed by atoms with Crippen molar-refractivity contribution in [2.75, 3.05) is 0 Å². The van der Waals surface area contributed by atoms with Crippen molar-refractivity contribution in [1.82, 2.24) is 9.38 Å². The molecule has 0 saturated heterocycles. The molecule has 5 heteroatoms. The number of rotatable bonds is 0. The average Bonchev–Trinajstić information content (AvgIpc) is 3.19. The molecule has 34 heavy (non-hydrogen) atoms. The summed E-state index contributed by atoms with van der Waals surface area (Å²) in [5.41, 5.74) is 15.4. The van der Waals surface area contributed by atoms with Gasteiger partial charge in [0.25, 0.3) is 6.71 Å². The van der Waals surface area contributed by atoms with E-state index in [1.54, 1.807) is 0 Å². The molecular formula is C29H23BN2O2. The largest absolute Gasteiger partial charge is 0.458 e. The van der Waals surface area contributed by atoms with Crippen LogP contribution in [0.1, 0.15) is 33.4 Å². The molecule has 0 saturated carbocycles. The van der Waals surface area contributed by atoms with Crippen molar-refractivity contribution in [3.8, 4) is 11.5 Å². The second-order valence-corrected chi connectivity index (χ2v) is 10.3. The predicted octanol–water partition coefficient (Wildman–Crippen LogP) is 5.17. The van der Waals surface area contributed by atoms with E-state index in [0.717, 1.165) is 39.2 Å². The molecule has 0 aliphatic carbocycles. The van der Waals surface area contributed by atoms with Gasteiger partial charge in [-0.15, -0.1) is 0 Å². The van der Waals surface area contributed by atoms with E-state index < -0.39 is 0 Å². The highest BCUT2D eigenvalue weighted by Gasteiger charge is 2.42. The highest BCUT2D eigenvalue weighted by Crippen LogP contribution is 2.41. The van der Waals surface area contributed by atoms with Gasteiger partial charge in [0.05, 0.1) is 16.6 Å². The van der Waals surface area contributed by atoms with Gasteiger partial charge in [0.2, 0.25) is 0 Å². The lowest BCUT2D eigenvalue weighted by Gasteiger charge is -2.33. The maximum atomic E-state index is 6.69. The molecule has 0 radical (unpaired) electrons. The average molecular weight is 442 g/mol. The smallest absolute Gasteiger partial charge is 0.307 e. The third kappa shape index (κ3) is 1.90. The Morgan fingerprint density at radius 3 is 2.35 bits per heavy atom. The Balaban J connectivity index is 1.72. The summed E-state index contributed by atoms with van der Waals surface area (Å²) in [6.07, 6.45) is 0. The minimum atomic E-state index is 0.0986. The van der Waals surface area contributed by atoms with Crippen LogP contribution in [0.2, 0.25) is 0 Å². The predicted molar refractivity (Wildman–Crippen MR) is 140 cm³/mol. The highest BCUT2D eigenvalue weighted by molar-refractivity contribution is 7.00. The molecule has 0 bridgehead atoms. The lowest BCUT2D eigenvalue weighted by atomic mass is 9.34. The minimum absolute atomic E-state index is 0.0986. The number of hydrogen-bond donors (Lipinski definition) is 0. The van der Waals surface area contributed by atoms with E-state index in [1.165, 1.54) is 54.9 Å². The minimum Gasteiger partial charge on any atom is -0.458 e. The van der Waals surface area contributed by atoms with E-state index in [-0.39, 0.29) is 6.71 Å². The Kier molecular flexibility index (Phi) is 3.11. The Bertz CT molecular complexity index is 1960. The molecule has 4 aromatic carbocycles. The summed E-state index contributed by atoms with van der Waals surface area (Å²) in [6, 6.07) is 11.2. The van der Waals surface area contributed by atoms with Crippen LogP contribution in [-0.2, 0) is 0 Å². The van der Waals surface area contributed by atoms with Crippen LogP contribution in [0.5, 0.6) is 11.5 Å². The molecule has 0 spiro atoms. The van der Waals surface area contributed by atoms with Crippen LogP contribution in [0.4, 0.5) is 0 Å². The molecule has 0 N–H and O–H groups in total. The monoisotopic (exact) mass is 442 g/mol. The SMILES string of the molecule is Cc1cc2c(cc1C)B1c3c(c(C)c(C)c4nc5oc6ccc(C)c7c(C)cc1c(c67)n5c34)O2. The van der Waals surface area contributed by atoms with Crippen LogP contribution in [-0.4, -0.2) is 16.1 Å². The van der Waals surface area contributed by atoms with Crippen LogP contribution in [0, 0.1) is 41.5 Å². The van der Waals surface area contributed by atoms with Crippen molar-refractivity contribution >= 4 is 61.9 Å². The Morgan fingerprint density at radius 2 is 1.53 bits per heavy atom. The third-order valence-electron chi connectivity index (χ3n) is 8.43. The molecule has 4 heterocycles. The van der Waals surface area contributed by atoms with Crippen molar-refractivity contribution in [3.05, 3.63) is 63.7 Å². The first-order chi connectivity index (χ1) is 16.3. The highest BCUT2D eigenvalue weighted by atomic mass is 16.5. The number of ether oxygens (including phenoxy) is 1. The number of fused-ring (bicyclic) bond motifs is 3. The maximum absolute atomic E-state index is 6.69. The van der Waals surface area contributed by atoms with Crippen LogP contribution in [0.15, 0.2) is 34.7 Å². The van der Waals surface area contributed by atoms with Gasteiger partial charge in [0.15, 0.2) is 0 Å². The van der Waals surface area contributed by atoms with Gasteiger partial charge in [-0.2, -0.15) is 4.98 Å². The summed E-state index contributed by atoms with van der Waals surface area (Å²) < 4.78 is 15.4. The molecule has 0 amide bonds. The van der Waals surface area contributed by atoms with Crippen molar-refractivity contribution in [2.24, 2.45) is 0 Å². The summed E-state index contributed by atoms with van der Waals surface area (Å²) in [5.74, 6) is 2.60. The number of aromatic nitrogens is 2. The first kappa shape index (κ1) is 18.7. The standard InChI is InChI=1S/C29H23BN2O2/c1-12-7-8-20-23-22(12)15(4)10-19-26(23)32-27-24-28(17(6)16(5)25(27)31-29(32)34-20)33-21-11-14(3)13(2)9-18(21)30(19)24/h7-11H,1-6H3. The summed E-state index contributed by atoms with van der Waals surface area (Å²) in [6.45, 7) is 13.2. The fourth-order valence-electron chi connectivity index (χ4n) is 6.55. The summed E-state index contributed by atoms with van der Waals surface area (Å²) in [7, 11) is 0. The molecule has 2 aliphatic heterocycles. The van der Waals surface area contributed by atoms with Crippen molar-refractivity contribution in [1.29, 1.82) is 0 Å². The molecule has 164 valence electrons. The molecule has 0 atom stereocenters. The third-order valence-corrected chi connectivity index (χ3v) is 8.43. The zero-order chi connectivity index (χ0) is 23.2. The first-order valence-corrected chi connectivity index (χ1v) is 11.9. The van der Waals surface area contributed by atoms with Gasteiger partial charge >= 0.3 is 5.84 Å². The van der Waals surface area contributed by atoms with Gasteiger partial charge in [0.1, 0.15) is 17.1 Å². The van der Waals surface area contributed by atoms with Crippen molar-refractivity contribution < 1.29 is 9.15 Å². The number of nitrogens with zero attached hydrogens (tertiary/aromatic N) is 2. The van der Waals surface area contributed by atoms with Crippen LogP contribution in [0.3, 0.4) is 0 Å². The second kappa shape index (κ2) is 5.67. The van der Waals surface area contributed by atoms with Gasteiger partial charge in [0, 0.05) is 5.39 Å². The molecule has 2 aromatic heterocycles. The zero-order valence-electron chi connectivity index (χ0n) is 20.2. The first-order valence-electron chi connectivity index (χ1n) is 11.9. The Morgan fingerprint density at radius 1 is 0.765 bits per heavy atom. The maximum Gasteiger partial charge on any atom is 0.307 e. The lowest BCUT2D eigenvalue weighted by Crippen LogP contribution is -2.57. The van der Waals surface area contributed by atoms with Gasteiger partial charge in [-0.05, 0) is 109 Å². The summed E-state index contributed by atoms with van der Waals surface area (Å²) >= 11 is 0. The van der Waals surface area contributed by atoms with E-state index in [4.69, 9.17) is 14.1 Å². The van der Waals surface area contributed by atoms with Gasteiger partial charge in [-0.25, -0.2) is 0 Å². The van der Waals surface area contributed by atoms with Crippen LogP contribution in [0.25, 0.3) is 38.7 Å². The summed E-state index contributed by atoms with van der Waals surface area (Å²) in [4.78, 5) is 5.05. The van der Waals surface area contributed by atoms with E-state index >= 15 is 0 Å². The van der Waals surface area contributed by atoms with Crippen molar-refractivity contribution in [3.63, 3.8) is 0 Å². The van der Waals surface area contributed by atoms with Crippen LogP contribution < -0.4 is 21.1 Å². The van der Waals surface area contributed by atoms with Gasteiger partial charge in [-0.3, -0.25) is 4.40 Å². The molecule has 0 unspecified atom stereocenters. The van der Waals surface area contributed by atoms with E-state index in [2.05, 4.69) is 76.3 Å². The zero-order valence-corrected chi connectivity index (χ0v) is 20.2. The van der Waals surface area contributed by atoms with Gasteiger partial charge in [-0.1, -0.05) is 18.2 Å². The number of aryl methyl sites for hydroxylation is 5. The van der Waals surface area contributed by atoms with E-state index in [9.17, 15) is 0 Å². The molecular weight excluding hydrogens is 419 g/mol. The number of imidazole rings is 1. The molecule has 4 nitrogen and oxygen atoms in total. The number of benzene rings is 4. The van der Waals surface area contributed by atoms with Crippen LogP contribution >= 0.6 is 0 Å². The van der Waals surface area contributed by atoms with E-state index in [1.807, 2.05) is 0 Å². The summed E-state index contributed by atoms with van der Waals surface area (Å²) in [5, 5.41) is 2.48. The molecule has 8 rings (SSSR count). The number of hydrogen-bond acceptors (Lipinski definition) is 3. The quantitative estimate of drug-likeness (QED) is 0.304. The van der Waals surface area contributed by atoms with E-state index in [0.29, 0.717) is 5.84 Å². The lowest BCUT2D eigenvalue weighted by molar-refractivity contribution is 0.483. The fourth-order valence-corrected chi connectivity index (χ4v) is 6.55. The van der Waals surface area contributed by atoms with Crippen molar-refractivity contribution in [2.45, 2.75) is 41.5 Å². The van der Waals surface area contributed by atoms with Gasteiger partial charge < -0.3 is 9.15 Å².